The SMILES string of the molecule is CN(C)C1CCC(Nc2ncc3ncnc(Nc4ccc(F)c(Cl)c4)c3n2)CC1. The largest absolute Gasteiger partial charge is 0.351 e. The van der Waals surface area contributed by atoms with E-state index in [1.807, 2.05) is 0 Å². The third kappa shape index (κ3) is 4.54. The van der Waals surface area contributed by atoms with Crippen LogP contribution in [0.2, 0.25) is 5.02 Å². The second-order valence-corrected chi connectivity index (χ2v) is 7.92. The van der Waals surface area contributed by atoms with Crippen LogP contribution in [0, 0.1) is 5.82 Å². The molecule has 2 N–H and O–H groups in total. The molecule has 1 aliphatic rings. The van der Waals surface area contributed by atoms with Crippen molar-refractivity contribution < 1.29 is 4.39 Å². The van der Waals surface area contributed by atoms with Crippen LogP contribution in [0.5, 0.6) is 0 Å². The van der Waals surface area contributed by atoms with E-state index in [1.165, 1.54) is 18.5 Å². The normalized spacial score (nSPS) is 19.5. The third-order valence-electron chi connectivity index (χ3n) is 5.32. The molecule has 3 aromatic rings. The number of aromatic nitrogens is 4. The Kier molecular flexibility index (Phi) is 5.73. The molecule has 0 aliphatic heterocycles. The highest BCUT2D eigenvalue weighted by Crippen LogP contribution is 2.27. The van der Waals surface area contributed by atoms with Gasteiger partial charge in [0.25, 0.3) is 0 Å². The maximum atomic E-state index is 13.4. The predicted molar refractivity (Wildman–Crippen MR) is 113 cm³/mol. The standard InChI is InChI=1S/C20H23ClFN7/c1-29(2)14-6-3-12(4-7-14)27-20-23-10-17-18(28-20)19(25-11-24-17)26-13-5-8-16(22)15(21)9-13/h5,8-12,14H,3-4,6-7H2,1-2H3,(H,23,27,28)(H,24,25,26). The summed E-state index contributed by atoms with van der Waals surface area (Å²) in [7, 11) is 4.27. The number of rotatable bonds is 5. The van der Waals surface area contributed by atoms with Crippen LogP contribution in [0.4, 0.5) is 21.8 Å². The highest BCUT2D eigenvalue weighted by Gasteiger charge is 2.23. The Morgan fingerprint density at radius 1 is 1.10 bits per heavy atom. The second-order valence-electron chi connectivity index (χ2n) is 7.52. The van der Waals surface area contributed by atoms with Gasteiger partial charge in [0.05, 0.1) is 11.2 Å². The molecule has 4 rings (SSSR count). The Balaban J connectivity index is 1.53. The first-order valence-electron chi connectivity index (χ1n) is 9.62. The van der Waals surface area contributed by atoms with Crippen molar-refractivity contribution in [3.05, 3.63) is 41.6 Å². The maximum Gasteiger partial charge on any atom is 0.223 e. The average Bonchev–Trinajstić information content (AvgIpc) is 2.71. The highest BCUT2D eigenvalue weighted by molar-refractivity contribution is 6.31. The molecule has 9 heteroatoms. The Hall–Kier alpha value is -2.58. The quantitative estimate of drug-likeness (QED) is 0.645. The Labute approximate surface area is 173 Å². The summed E-state index contributed by atoms with van der Waals surface area (Å²) < 4.78 is 13.4. The van der Waals surface area contributed by atoms with E-state index in [2.05, 4.69) is 49.6 Å². The molecule has 7 nitrogen and oxygen atoms in total. The molecule has 29 heavy (non-hydrogen) atoms. The zero-order chi connectivity index (χ0) is 20.4. The molecule has 2 heterocycles. The van der Waals surface area contributed by atoms with Crippen LogP contribution in [0.15, 0.2) is 30.7 Å². The molecule has 0 bridgehead atoms. The van der Waals surface area contributed by atoms with Crippen molar-refractivity contribution in [1.29, 1.82) is 0 Å². The minimum atomic E-state index is -0.470. The van der Waals surface area contributed by atoms with Gasteiger partial charge in [-0.2, -0.15) is 0 Å². The summed E-state index contributed by atoms with van der Waals surface area (Å²) in [5.74, 6) is 0.600. The average molecular weight is 416 g/mol. The first-order chi connectivity index (χ1) is 14.0. The summed E-state index contributed by atoms with van der Waals surface area (Å²) >= 11 is 5.88. The fourth-order valence-electron chi connectivity index (χ4n) is 3.64. The van der Waals surface area contributed by atoms with Crippen molar-refractivity contribution >= 4 is 40.1 Å². The fourth-order valence-corrected chi connectivity index (χ4v) is 3.83. The van der Waals surface area contributed by atoms with Crippen LogP contribution in [-0.4, -0.2) is 51.0 Å². The van der Waals surface area contributed by atoms with Gasteiger partial charge < -0.3 is 15.5 Å². The van der Waals surface area contributed by atoms with Gasteiger partial charge in [0, 0.05) is 17.8 Å². The fraction of sp³-hybridized carbons (Fsp3) is 0.400. The number of fused-ring (bicyclic) bond motifs is 1. The van der Waals surface area contributed by atoms with Gasteiger partial charge in [-0.1, -0.05) is 11.6 Å². The van der Waals surface area contributed by atoms with Crippen LogP contribution in [0.25, 0.3) is 11.0 Å². The third-order valence-corrected chi connectivity index (χ3v) is 5.61. The molecule has 0 atom stereocenters. The van der Waals surface area contributed by atoms with Crippen molar-refractivity contribution in [1.82, 2.24) is 24.8 Å². The van der Waals surface area contributed by atoms with E-state index >= 15 is 0 Å². The molecule has 0 amide bonds. The van der Waals surface area contributed by atoms with E-state index in [0.717, 1.165) is 25.7 Å². The zero-order valence-electron chi connectivity index (χ0n) is 16.4. The predicted octanol–water partition coefficient (Wildman–Crippen LogP) is 4.24. The van der Waals surface area contributed by atoms with E-state index in [0.29, 0.717) is 40.6 Å². The number of hydrogen-bond donors (Lipinski definition) is 2. The number of nitrogens with zero attached hydrogens (tertiary/aromatic N) is 5. The first-order valence-corrected chi connectivity index (χ1v) is 10.00. The Bertz CT molecular complexity index is 1010. The Morgan fingerprint density at radius 3 is 2.62 bits per heavy atom. The maximum absolute atomic E-state index is 13.4. The van der Waals surface area contributed by atoms with Crippen molar-refractivity contribution in [2.45, 2.75) is 37.8 Å². The lowest BCUT2D eigenvalue weighted by molar-refractivity contribution is 0.221. The van der Waals surface area contributed by atoms with Crippen molar-refractivity contribution in [2.75, 3.05) is 24.7 Å². The first kappa shape index (κ1) is 19.7. The summed E-state index contributed by atoms with van der Waals surface area (Å²) in [6, 6.07) is 5.39. The number of benzene rings is 1. The number of halogens is 2. The molecule has 2 aromatic heterocycles. The van der Waals surface area contributed by atoms with Crippen LogP contribution in [-0.2, 0) is 0 Å². The molecule has 0 radical (unpaired) electrons. The molecule has 0 unspecified atom stereocenters. The summed E-state index contributed by atoms with van der Waals surface area (Å²) in [6.07, 6.45) is 7.58. The number of anilines is 3. The van der Waals surface area contributed by atoms with Crippen molar-refractivity contribution in [2.24, 2.45) is 0 Å². The van der Waals surface area contributed by atoms with Gasteiger partial charge in [-0.05, 0) is 58.0 Å². The summed E-state index contributed by atoms with van der Waals surface area (Å²) in [4.78, 5) is 19.9. The monoisotopic (exact) mass is 415 g/mol. The molecule has 0 saturated heterocycles. The van der Waals surface area contributed by atoms with E-state index in [9.17, 15) is 4.39 Å². The molecule has 1 aromatic carbocycles. The van der Waals surface area contributed by atoms with Crippen LogP contribution < -0.4 is 10.6 Å². The van der Waals surface area contributed by atoms with Crippen LogP contribution in [0.3, 0.4) is 0 Å². The molecular formula is C20H23ClFN7. The molecule has 1 aliphatic carbocycles. The van der Waals surface area contributed by atoms with E-state index in [1.54, 1.807) is 12.3 Å². The van der Waals surface area contributed by atoms with E-state index < -0.39 is 5.82 Å². The van der Waals surface area contributed by atoms with Crippen LogP contribution >= 0.6 is 11.6 Å². The van der Waals surface area contributed by atoms with E-state index in [-0.39, 0.29) is 5.02 Å². The van der Waals surface area contributed by atoms with E-state index in [4.69, 9.17) is 11.6 Å². The summed E-state index contributed by atoms with van der Waals surface area (Å²) in [5.41, 5.74) is 1.83. The van der Waals surface area contributed by atoms with Gasteiger partial charge in [-0.3, -0.25) is 0 Å². The van der Waals surface area contributed by atoms with Gasteiger partial charge in [0.1, 0.15) is 23.2 Å². The zero-order valence-corrected chi connectivity index (χ0v) is 17.1. The lowest BCUT2D eigenvalue weighted by Crippen LogP contribution is -2.36. The van der Waals surface area contributed by atoms with Gasteiger partial charge in [-0.15, -0.1) is 0 Å². The van der Waals surface area contributed by atoms with Gasteiger partial charge >= 0.3 is 0 Å². The van der Waals surface area contributed by atoms with Crippen LogP contribution in [0.1, 0.15) is 25.7 Å². The summed E-state index contributed by atoms with van der Waals surface area (Å²) in [5, 5.41) is 6.62. The topological polar surface area (TPSA) is 78.9 Å². The molecule has 152 valence electrons. The van der Waals surface area contributed by atoms with Gasteiger partial charge in [0.15, 0.2) is 5.82 Å². The minimum Gasteiger partial charge on any atom is -0.351 e. The molecule has 0 spiro atoms. The van der Waals surface area contributed by atoms with Gasteiger partial charge in [0.2, 0.25) is 5.95 Å². The molecular weight excluding hydrogens is 393 g/mol. The number of hydrogen-bond acceptors (Lipinski definition) is 7. The second kappa shape index (κ2) is 8.42. The summed E-state index contributed by atoms with van der Waals surface area (Å²) in [6.45, 7) is 0. The smallest absolute Gasteiger partial charge is 0.223 e. The highest BCUT2D eigenvalue weighted by atomic mass is 35.5. The van der Waals surface area contributed by atoms with Crippen molar-refractivity contribution in [3.8, 4) is 0 Å². The lowest BCUT2D eigenvalue weighted by atomic mass is 9.91. The van der Waals surface area contributed by atoms with Gasteiger partial charge in [-0.25, -0.2) is 24.3 Å². The molecule has 1 saturated carbocycles. The minimum absolute atomic E-state index is 0.0404. The Morgan fingerprint density at radius 2 is 1.90 bits per heavy atom. The lowest BCUT2D eigenvalue weighted by Gasteiger charge is -2.32. The van der Waals surface area contributed by atoms with Crippen molar-refractivity contribution in [3.63, 3.8) is 0 Å². The number of nitrogens with one attached hydrogen (secondary N) is 2. The molecule has 1 fully saturated rings.